The normalized spacial score (nSPS) is 12.1. The smallest absolute Gasteiger partial charge is 0.320 e. The van der Waals surface area contributed by atoms with Crippen molar-refractivity contribution in [2.24, 2.45) is 5.73 Å². The van der Waals surface area contributed by atoms with E-state index >= 15 is 0 Å². The summed E-state index contributed by atoms with van der Waals surface area (Å²) in [5.41, 5.74) is 5.09. The van der Waals surface area contributed by atoms with E-state index in [0.29, 0.717) is 6.21 Å². The average molecular weight is 158 g/mol. The van der Waals surface area contributed by atoms with Gasteiger partial charge < -0.3 is 16.2 Å². The zero-order chi connectivity index (χ0) is 8.85. The highest BCUT2D eigenvalue weighted by Crippen LogP contribution is 1.94. The molecule has 0 amide bonds. The Kier molecular flexibility index (Phi) is 4.05. The first-order valence-corrected chi connectivity index (χ1v) is 3.09. The van der Waals surface area contributed by atoms with E-state index in [2.05, 4.69) is 0 Å². The van der Waals surface area contributed by atoms with Gasteiger partial charge in [0.2, 0.25) is 0 Å². The number of Topliss-reactive ketones (excluding diaryl/α,β-unsaturated/α-hetero) is 1. The predicted octanol–water partition coefficient (Wildman–Crippen LogP) is -0.603. The van der Waals surface area contributed by atoms with Gasteiger partial charge in [0.25, 0.3) is 0 Å². The maximum absolute atomic E-state index is 10.4. The zero-order valence-corrected chi connectivity index (χ0v) is 5.91. The summed E-state index contributed by atoms with van der Waals surface area (Å²) in [6, 6.07) is -1.00. The van der Waals surface area contributed by atoms with Crippen LogP contribution in [0.3, 0.4) is 0 Å². The van der Waals surface area contributed by atoms with Gasteiger partial charge in [-0.15, -0.1) is 0 Å². The van der Waals surface area contributed by atoms with Crippen LogP contribution in [0.5, 0.6) is 0 Å². The van der Waals surface area contributed by atoms with E-state index in [1.165, 1.54) is 0 Å². The topological polar surface area (TPSA) is 104 Å². The second-order valence-corrected chi connectivity index (χ2v) is 2.09. The zero-order valence-electron chi connectivity index (χ0n) is 5.91. The number of ketones is 1. The summed E-state index contributed by atoms with van der Waals surface area (Å²) in [6.07, 6.45) is 0.773. The van der Waals surface area contributed by atoms with Gasteiger partial charge >= 0.3 is 5.97 Å². The first-order chi connectivity index (χ1) is 5.07. The van der Waals surface area contributed by atoms with E-state index in [0.717, 1.165) is 0 Å². The van der Waals surface area contributed by atoms with E-state index in [1.54, 1.807) is 0 Å². The van der Waals surface area contributed by atoms with E-state index in [9.17, 15) is 9.59 Å². The van der Waals surface area contributed by atoms with Crippen molar-refractivity contribution < 1.29 is 14.7 Å². The molecule has 0 heterocycles. The molecule has 4 N–H and O–H groups in total. The fraction of sp³-hybridized carbons (Fsp3) is 0.500. The Morgan fingerprint density at radius 2 is 2.18 bits per heavy atom. The number of rotatable bonds is 5. The Hall–Kier alpha value is -1.23. The lowest BCUT2D eigenvalue weighted by atomic mass is 10.1. The predicted molar refractivity (Wildman–Crippen MR) is 38.6 cm³/mol. The maximum atomic E-state index is 10.4. The molecule has 0 saturated carbocycles. The van der Waals surface area contributed by atoms with Crippen molar-refractivity contribution >= 4 is 18.0 Å². The van der Waals surface area contributed by atoms with Crippen LogP contribution in [0, 0.1) is 5.41 Å². The van der Waals surface area contributed by atoms with Crippen LogP contribution in [0.1, 0.15) is 12.8 Å². The van der Waals surface area contributed by atoms with Crippen LogP contribution in [0.4, 0.5) is 0 Å². The van der Waals surface area contributed by atoms with Gasteiger partial charge in [-0.1, -0.05) is 0 Å². The number of carbonyl (C=O) groups is 2. The molecule has 62 valence electrons. The average Bonchev–Trinajstić information content (AvgIpc) is 1.99. The van der Waals surface area contributed by atoms with Gasteiger partial charge in [0.05, 0.1) is 6.21 Å². The van der Waals surface area contributed by atoms with E-state index in [-0.39, 0.29) is 12.8 Å². The molecule has 0 aromatic heterocycles. The third-order valence-corrected chi connectivity index (χ3v) is 1.18. The molecule has 5 heteroatoms. The molecular weight excluding hydrogens is 148 g/mol. The molecule has 0 spiro atoms. The molecule has 0 fully saturated rings. The molecule has 0 aromatic rings. The lowest BCUT2D eigenvalue weighted by Gasteiger charge is -2.02. The Labute approximate surface area is 63.7 Å². The lowest BCUT2D eigenvalue weighted by molar-refractivity contribution is -0.138. The van der Waals surface area contributed by atoms with Crippen molar-refractivity contribution in [1.29, 1.82) is 5.41 Å². The van der Waals surface area contributed by atoms with Crippen LogP contribution < -0.4 is 5.73 Å². The molecule has 0 bridgehead atoms. The van der Waals surface area contributed by atoms with Crippen molar-refractivity contribution in [2.45, 2.75) is 18.9 Å². The van der Waals surface area contributed by atoms with Crippen molar-refractivity contribution in [3.8, 4) is 0 Å². The highest BCUT2D eigenvalue weighted by molar-refractivity contribution is 6.26. The van der Waals surface area contributed by atoms with Gasteiger partial charge in [-0.25, -0.2) is 0 Å². The highest BCUT2D eigenvalue weighted by atomic mass is 16.4. The second kappa shape index (κ2) is 4.56. The molecule has 0 aromatic carbocycles. The summed E-state index contributed by atoms with van der Waals surface area (Å²) in [5.74, 6) is -1.52. The highest BCUT2D eigenvalue weighted by Gasteiger charge is 2.11. The minimum absolute atomic E-state index is 0.0248. The Bertz CT molecular complexity index is 179. The SMILES string of the molecule is N=CC(=O)CCC(N)C(=O)O. The Morgan fingerprint density at radius 1 is 1.64 bits per heavy atom. The number of nitrogens with two attached hydrogens (primary N) is 1. The molecule has 0 radical (unpaired) electrons. The molecule has 1 unspecified atom stereocenters. The van der Waals surface area contributed by atoms with Crippen LogP contribution in [0.2, 0.25) is 0 Å². The third kappa shape index (κ3) is 4.21. The second-order valence-electron chi connectivity index (χ2n) is 2.09. The van der Waals surface area contributed by atoms with Crippen molar-refractivity contribution in [1.82, 2.24) is 0 Å². The first-order valence-electron chi connectivity index (χ1n) is 3.09. The van der Waals surface area contributed by atoms with Crippen LogP contribution >= 0.6 is 0 Å². The molecule has 0 aliphatic carbocycles. The number of aliphatic carboxylic acids is 1. The quantitative estimate of drug-likeness (QED) is 0.464. The molecular formula is C6H10N2O3. The standard InChI is InChI=1S/C6H10N2O3/c7-3-4(9)1-2-5(8)6(10)11/h3,5,7H,1-2,8H2,(H,10,11). The van der Waals surface area contributed by atoms with Crippen molar-refractivity contribution in [3.05, 3.63) is 0 Å². The van der Waals surface area contributed by atoms with Gasteiger partial charge in [-0.2, -0.15) is 0 Å². The van der Waals surface area contributed by atoms with Crippen molar-refractivity contribution in [3.63, 3.8) is 0 Å². The van der Waals surface area contributed by atoms with Crippen LogP contribution in [-0.4, -0.2) is 29.1 Å². The number of carbonyl (C=O) groups excluding carboxylic acids is 1. The van der Waals surface area contributed by atoms with Gasteiger partial charge in [-0.3, -0.25) is 9.59 Å². The van der Waals surface area contributed by atoms with Gasteiger partial charge in [0, 0.05) is 6.42 Å². The number of nitrogens with one attached hydrogen (secondary N) is 1. The summed E-state index contributed by atoms with van der Waals surface area (Å²) in [6.45, 7) is 0. The summed E-state index contributed by atoms with van der Waals surface area (Å²) >= 11 is 0. The summed E-state index contributed by atoms with van der Waals surface area (Å²) in [4.78, 5) is 20.6. The third-order valence-electron chi connectivity index (χ3n) is 1.18. The van der Waals surface area contributed by atoms with E-state index in [4.69, 9.17) is 16.2 Å². The number of hydrogen-bond donors (Lipinski definition) is 3. The number of hydrogen-bond acceptors (Lipinski definition) is 4. The Balaban J connectivity index is 3.62. The minimum atomic E-state index is -1.12. The van der Waals surface area contributed by atoms with E-state index in [1.807, 2.05) is 0 Å². The maximum Gasteiger partial charge on any atom is 0.320 e. The Morgan fingerprint density at radius 3 is 2.55 bits per heavy atom. The van der Waals surface area contributed by atoms with Gasteiger partial charge in [0.15, 0.2) is 5.78 Å². The molecule has 0 aliphatic rings. The molecule has 0 aliphatic heterocycles. The van der Waals surface area contributed by atoms with Crippen molar-refractivity contribution in [2.75, 3.05) is 0 Å². The van der Waals surface area contributed by atoms with Crippen LogP contribution in [0.15, 0.2) is 0 Å². The first kappa shape index (κ1) is 9.77. The largest absolute Gasteiger partial charge is 0.480 e. The summed E-state index contributed by atoms with van der Waals surface area (Å²) in [5, 5.41) is 14.8. The number of carboxylic acid groups (broad SMARTS) is 1. The molecule has 1 atom stereocenters. The van der Waals surface area contributed by atoms with Crippen LogP contribution in [-0.2, 0) is 9.59 Å². The molecule has 11 heavy (non-hydrogen) atoms. The summed E-state index contributed by atoms with van der Waals surface area (Å²) < 4.78 is 0. The minimum Gasteiger partial charge on any atom is -0.480 e. The summed E-state index contributed by atoms with van der Waals surface area (Å²) in [7, 11) is 0. The van der Waals surface area contributed by atoms with Crippen LogP contribution in [0.25, 0.3) is 0 Å². The monoisotopic (exact) mass is 158 g/mol. The molecule has 0 rings (SSSR count). The van der Waals surface area contributed by atoms with E-state index < -0.39 is 17.8 Å². The fourth-order valence-corrected chi connectivity index (χ4v) is 0.493. The lowest BCUT2D eigenvalue weighted by Crippen LogP contribution is -2.30. The molecule has 0 saturated heterocycles. The van der Waals surface area contributed by atoms with Gasteiger partial charge in [-0.05, 0) is 6.42 Å². The molecule has 5 nitrogen and oxygen atoms in total. The fourth-order valence-electron chi connectivity index (χ4n) is 0.493. The number of carboxylic acids is 1. The van der Waals surface area contributed by atoms with Gasteiger partial charge in [0.1, 0.15) is 6.04 Å².